The van der Waals surface area contributed by atoms with Crippen LogP contribution in [0.2, 0.25) is 0 Å². The van der Waals surface area contributed by atoms with Crippen molar-refractivity contribution in [3.63, 3.8) is 0 Å². The molecule has 0 radical (unpaired) electrons. The Hall–Kier alpha value is -2.11. The van der Waals surface area contributed by atoms with Gasteiger partial charge in [-0.3, -0.25) is 4.79 Å². The normalized spacial score (nSPS) is 12.6. The van der Waals surface area contributed by atoms with Crippen LogP contribution in [0.1, 0.15) is 6.92 Å². The molecule has 0 spiro atoms. The van der Waals surface area contributed by atoms with E-state index in [1.54, 1.807) is 18.5 Å². The fraction of sp³-hybridized carbons (Fsp3) is 0.222. The van der Waals surface area contributed by atoms with Gasteiger partial charge in [0.25, 0.3) is 0 Å². The lowest BCUT2D eigenvalue weighted by molar-refractivity contribution is -0.137. The molecule has 2 rings (SSSR count). The Kier molecular flexibility index (Phi) is 2.24. The van der Waals surface area contributed by atoms with Crippen molar-refractivity contribution in [1.29, 1.82) is 0 Å². The molecule has 0 aliphatic rings. The molecule has 6 heteroatoms. The molecule has 1 unspecified atom stereocenters. The number of aliphatic carboxylic acids is 1. The van der Waals surface area contributed by atoms with E-state index in [0.717, 1.165) is 5.39 Å². The van der Waals surface area contributed by atoms with Crippen LogP contribution in [0.5, 0.6) is 0 Å². The number of aromatic nitrogens is 2. The van der Waals surface area contributed by atoms with Gasteiger partial charge in [-0.2, -0.15) is 0 Å². The highest BCUT2D eigenvalue weighted by atomic mass is 16.5. The summed E-state index contributed by atoms with van der Waals surface area (Å²) in [5.74, 6) is -0.483. The maximum absolute atomic E-state index is 10.6. The number of carboxylic acids is 1. The largest absolute Gasteiger partial charge is 0.480 e. The quantitative estimate of drug-likeness (QED) is 0.783. The summed E-state index contributed by atoms with van der Waals surface area (Å²) in [4.78, 5) is 14.6. The number of pyridine rings is 1. The Morgan fingerprint density at radius 1 is 1.60 bits per heavy atom. The topological polar surface area (TPSA) is 88.3 Å². The van der Waals surface area contributed by atoms with Crippen molar-refractivity contribution in [3.05, 3.63) is 18.5 Å². The minimum atomic E-state index is -0.936. The van der Waals surface area contributed by atoms with Gasteiger partial charge in [0.05, 0.1) is 11.6 Å². The van der Waals surface area contributed by atoms with Crippen molar-refractivity contribution >= 4 is 22.8 Å². The molecule has 2 aromatic rings. The van der Waals surface area contributed by atoms with E-state index in [-0.39, 0.29) is 0 Å². The first kappa shape index (κ1) is 9.45. The lowest BCUT2D eigenvalue weighted by Crippen LogP contribution is -2.25. The van der Waals surface area contributed by atoms with Crippen LogP contribution in [-0.2, 0) is 4.79 Å². The Balaban J connectivity index is 2.24. The van der Waals surface area contributed by atoms with E-state index >= 15 is 0 Å². The minimum absolute atomic E-state index is 0.453. The van der Waals surface area contributed by atoms with Gasteiger partial charge in [-0.05, 0) is 6.92 Å². The first-order valence-electron chi connectivity index (χ1n) is 4.36. The summed E-state index contributed by atoms with van der Waals surface area (Å²) in [6.45, 7) is 1.54. The Bertz CT molecular complexity index is 494. The maximum Gasteiger partial charge on any atom is 0.325 e. The van der Waals surface area contributed by atoms with Gasteiger partial charge in [0.1, 0.15) is 11.9 Å². The van der Waals surface area contributed by atoms with Crippen molar-refractivity contribution in [3.8, 4) is 0 Å². The number of fused-ring (bicyclic) bond motifs is 1. The van der Waals surface area contributed by atoms with Crippen LogP contribution in [0.25, 0.3) is 11.0 Å². The van der Waals surface area contributed by atoms with Crippen LogP contribution in [0, 0.1) is 0 Å². The van der Waals surface area contributed by atoms with E-state index in [9.17, 15) is 4.79 Å². The SMILES string of the molecule is CC(Nc1cc2oncc2cn1)C(=O)O. The Morgan fingerprint density at radius 3 is 3.13 bits per heavy atom. The summed E-state index contributed by atoms with van der Waals surface area (Å²) in [7, 11) is 0. The van der Waals surface area contributed by atoms with Crippen molar-refractivity contribution in [2.24, 2.45) is 0 Å². The summed E-state index contributed by atoms with van der Waals surface area (Å²) in [6, 6.07) is 0.916. The number of anilines is 1. The summed E-state index contributed by atoms with van der Waals surface area (Å²) in [6.07, 6.45) is 3.12. The van der Waals surface area contributed by atoms with E-state index in [1.165, 1.54) is 6.92 Å². The van der Waals surface area contributed by atoms with Gasteiger partial charge in [0, 0.05) is 12.3 Å². The molecule has 2 N–H and O–H groups in total. The highest BCUT2D eigenvalue weighted by Crippen LogP contribution is 2.15. The maximum atomic E-state index is 10.6. The van der Waals surface area contributed by atoms with Gasteiger partial charge >= 0.3 is 5.97 Å². The van der Waals surface area contributed by atoms with Crippen LogP contribution >= 0.6 is 0 Å². The highest BCUT2D eigenvalue weighted by Gasteiger charge is 2.11. The molecular weight excluding hydrogens is 198 g/mol. The fourth-order valence-corrected chi connectivity index (χ4v) is 1.13. The molecule has 2 aromatic heterocycles. The monoisotopic (exact) mass is 207 g/mol. The van der Waals surface area contributed by atoms with Crippen molar-refractivity contribution < 1.29 is 14.4 Å². The molecular formula is C9H9N3O3. The van der Waals surface area contributed by atoms with Gasteiger partial charge in [-0.25, -0.2) is 4.98 Å². The molecule has 0 aromatic carbocycles. The Morgan fingerprint density at radius 2 is 2.40 bits per heavy atom. The summed E-state index contributed by atoms with van der Waals surface area (Å²) in [5.41, 5.74) is 0.574. The van der Waals surface area contributed by atoms with Crippen LogP contribution in [-0.4, -0.2) is 27.3 Å². The smallest absolute Gasteiger partial charge is 0.325 e. The number of carboxylic acid groups (broad SMARTS) is 1. The fourth-order valence-electron chi connectivity index (χ4n) is 1.13. The minimum Gasteiger partial charge on any atom is -0.480 e. The predicted octanol–water partition coefficient (Wildman–Crippen LogP) is 1.11. The number of rotatable bonds is 3. The van der Waals surface area contributed by atoms with Crippen molar-refractivity contribution in [2.45, 2.75) is 13.0 Å². The second kappa shape index (κ2) is 3.56. The van der Waals surface area contributed by atoms with Crippen molar-refractivity contribution in [2.75, 3.05) is 5.32 Å². The van der Waals surface area contributed by atoms with Gasteiger partial charge in [-0.15, -0.1) is 0 Å². The molecule has 0 aliphatic carbocycles. The first-order valence-corrected chi connectivity index (χ1v) is 4.36. The molecule has 15 heavy (non-hydrogen) atoms. The van der Waals surface area contributed by atoms with E-state index in [0.29, 0.717) is 11.4 Å². The van der Waals surface area contributed by atoms with Crippen LogP contribution in [0.3, 0.4) is 0 Å². The number of nitrogens with zero attached hydrogens (tertiary/aromatic N) is 2. The molecule has 78 valence electrons. The molecule has 2 heterocycles. The van der Waals surface area contributed by atoms with E-state index in [2.05, 4.69) is 15.5 Å². The molecule has 6 nitrogen and oxygen atoms in total. The predicted molar refractivity (Wildman–Crippen MR) is 52.5 cm³/mol. The molecule has 0 fully saturated rings. The lowest BCUT2D eigenvalue weighted by Gasteiger charge is -2.08. The van der Waals surface area contributed by atoms with E-state index in [1.807, 2.05) is 0 Å². The van der Waals surface area contributed by atoms with Gasteiger partial charge < -0.3 is 14.9 Å². The number of carbonyl (C=O) groups is 1. The van der Waals surface area contributed by atoms with Crippen LogP contribution in [0.4, 0.5) is 5.82 Å². The average molecular weight is 207 g/mol. The van der Waals surface area contributed by atoms with Crippen LogP contribution < -0.4 is 5.32 Å². The molecule has 0 aliphatic heterocycles. The second-order valence-corrected chi connectivity index (χ2v) is 3.14. The van der Waals surface area contributed by atoms with Gasteiger partial charge in [-0.1, -0.05) is 5.16 Å². The molecule has 0 bridgehead atoms. The third-order valence-corrected chi connectivity index (χ3v) is 1.97. The van der Waals surface area contributed by atoms with Gasteiger partial charge in [0.2, 0.25) is 0 Å². The zero-order valence-electron chi connectivity index (χ0n) is 7.97. The van der Waals surface area contributed by atoms with Crippen LogP contribution in [0.15, 0.2) is 23.0 Å². The zero-order chi connectivity index (χ0) is 10.8. The summed E-state index contributed by atoms with van der Waals surface area (Å²) in [5, 5.41) is 15.8. The standard InChI is InChI=1S/C9H9N3O3/c1-5(9(13)14)12-8-2-7-6(3-10-8)4-11-15-7/h2-5H,1H3,(H,10,12)(H,13,14). The number of hydrogen-bond donors (Lipinski definition) is 2. The van der Waals surface area contributed by atoms with Crippen molar-refractivity contribution in [1.82, 2.24) is 10.1 Å². The van der Waals surface area contributed by atoms with Gasteiger partial charge in [0.15, 0.2) is 5.58 Å². The summed E-state index contributed by atoms with van der Waals surface area (Å²) >= 11 is 0. The lowest BCUT2D eigenvalue weighted by atomic mass is 10.3. The second-order valence-electron chi connectivity index (χ2n) is 3.14. The molecule has 0 amide bonds. The summed E-state index contributed by atoms with van der Waals surface area (Å²) < 4.78 is 4.92. The van der Waals surface area contributed by atoms with E-state index < -0.39 is 12.0 Å². The molecule has 1 atom stereocenters. The Labute approximate surface area is 84.9 Å². The third-order valence-electron chi connectivity index (χ3n) is 1.97. The average Bonchev–Trinajstić information content (AvgIpc) is 2.64. The zero-order valence-corrected chi connectivity index (χ0v) is 7.97. The highest BCUT2D eigenvalue weighted by molar-refractivity contribution is 5.80. The molecule has 0 saturated heterocycles. The number of nitrogens with one attached hydrogen (secondary N) is 1. The number of hydrogen-bond acceptors (Lipinski definition) is 5. The molecule has 0 saturated carbocycles. The third kappa shape index (κ3) is 1.88. The van der Waals surface area contributed by atoms with E-state index in [4.69, 9.17) is 9.63 Å². The first-order chi connectivity index (χ1) is 7.16.